The molecule has 0 bridgehead atoms. The van der Waals surface area contributed by atoms with Crippen molar-refractivity contribution >= 4 is 43.9 Å². The molecule has 2 aromatic heterocycles. The number of thiophene rings is 1. The Morgan fingerprint density at radius 3 is 2.57 bits per heavy atom. The minimum atomic E-state index is -4.94. The number of aromatic nitrogens is 2. The van der Waals surface area contributed by atoms with E-state index in [2.05, 4.69) is 26.4 Å². The number of nitrogens with zero attached hydrogens (tertiary/aromatic N) is 4. The van der Waals surface area contributed by atoms with Crippen molar-refractivity contribution in [2.75, 3.05) is 31.1 Å². The number of nitrogens with one attached hydrogen (secondary N) is 1. The predicted octanol–water partition coefficient (Wildman–Crippen LogP) is 3.62. The molecule has 1 aromatic carbocycles. The van der Waals surface area contributed by atoms with Crippen LogP contribution in [0.15, 0.2) is 40.6 Å². The zero-order chi connectivity index (χ0) is 26.8. The number of amides is 1. The first-order valence-electron chi connectivity index (χ1n) is 11.5. The van der Waals surface area contributed by atoms with Crippen LogP contribution in [-0.4, -0.2) is 66.4 Å². The summed E-state index contributed by atoms with van der Waals surface area (Å²) in [5, 5.41) is 2.55. The number of sulfonamides is 1. The second-order valence-electron chi connectivity index (χ2n) is 8.79. The maximum Gasteiger partial charge on any atom is 0.471 e. The molecule has 200 valence electrons. The van der Waals surface area contributed by atoms with Crippen molar-refractivity contribution < 1.29 is 26.4 Å². The highest BCUT2D eigenvalue weighted by Crippen LogP contribution is 2.29. The highest BCUT2D eigenvalue weighted by Gasteiger charge is 2.38. The van der Waals surface area contributed by atoms with E-state index in [1.807, 2.05) is 26.0 Å². The normalized spacial score (nSPS) is 17.2. The van der Waals surface area contributed by atoms with Crippen LogP contribution in [-0.2, 0) is 27.7 Å². The first-order valence-corrected chi connectivity index (χ1v) is 14.5. The molecular weight excluding hydrogens is 547 g/mol. The summed E-state index contributed by atoms with van der Waals surface area (Å²) in [7, 11) is -3.76. The van der Waals surface area contributed by atoms with Crippen LogP contribution < -0.4 is 10.2 Å². The molecule has 3 aromatic rings. The Morgan fingerprint density at radius 1 is 1.16 bits per heavy atom. The Balaban J connectivity index is 1.34. The van der Waals surface area contributed by atoms with Gasteiger partial charge in [0.15, 0.2) is 0 Å². The van der Waals surface area contributed by atoms with Crippen molar-refractivity contribution in [2.45, 2.75) is 43.1 Å². The molecule has 4 rings (SSSR count). The fourth-order valence-corrected chi connectivity index (χ4v) is 7.74. The molecule has 0 radical (unpaired) electrons. The molecule has 0 aliphatic carbocycles. The Labute approximate surface area is 221 Å². The first kappa shape index (κ1) is 27.5. The molecule has 1 aliphatic rings. The fourth-order valence-electron chi connectivity index (χ4n) is 3.91. The van der Waals surface area contributed by atoms with Gasteiger partial charge in [-0.25, -0.2) is 13.4 Å². The van der Waals surface area contributed by atoms with Crippen LogP contribution in [0.3, 0.4) is 0 Å². The van der Waals surface area contributed by atoms with E-state index < -0.39 is 22.1 Å². The lowest BCUT2D eigenvalue weighted by Gasteiger charge is -2.38. The highest BCUT2D eigenvalue weighted by molar-refractivity contribution is 7.91. The van der Waals surface area contributed by atoms with Gasteiger partial charge in [-0.2, -0.15) is 21.9 Å². The summed E-state index contributed by atoms with van der Waals surface area (Å²) in [5.41, 5.74) is 2.31. The Morgan fingerprint density at radius 2 is 1.89 bits per heavy atom. The van der Waals surface area contributed by atoms with Crippen molar-refractivity contribution in [2.24, 2.45) is 0 Å². The van der Waals surface area contributed by atoms with Crippen molar-refractivity contribution in [3.63, 3.8) is 0 Å². The number of carbonyl (C=O) groups excluding carboxylic acids is 1. The van der Waals surface area contributed by atoms with Crippen LogP contribution in [0.2, 0.25) is 0 Å². The molecule has 1 saturated heterocycles. The third kappa shape index (κ3) is 6.67. The summed E-state index contributed by atoms with van der Waals surface area (Å²) in [5.74, 6) is -1.29. The summed E-state index contributed by atoms with van der Waals surface area (Å²) in [6.07, 6.45) is -4.21. The number of hydrogen-bond acceptors (Lipinski definition) is 8. The molecule has 1 amide bonds. The van der Waals surface area contributed by atoms with Gasteiger partial charge in [-0.3, -0.25) is 4.79 Å². The lowest BCUT2D eigenvalue weighted by Crippen LogP contribution is -2.53. The third-order valence-corrected chi connectivity index (χ3v) is 10.2. The van der Waals surface area contributed by atoms with Crippen molar-refractivity contribution in [3.05, 3.63) is 58.2 Å². The minimum Gasteiger partial charge on any atom is -0.348 e. The number of rotatable bonds is 8. The summed E-state index contributed by atoms with van der Waals surface area (Å²) < 4.78 is 69.4. The largest absolute Gasteiger partial charge is 0.471 e. The van der Waals surface area contributed by atoms with E-state index in [1.165, 1.54) is 27.5 Å². The Kier molecular flexibility index (Phi) is 8.21. The van der Waals surface area contributed by atoms with Gasteiger partial charge in [-0.05, 0) is 38.0 Å². The van der Waals surface area contributed by atoms with Crippen LogP contribution in [0.5, 0.6) is 0 Å². The van der Waals surface area contributed by atoms with Crippen LogP contribution in [0, 0.1) is 6.92 Å². The topological polar surface area (TPSA) is 95.5 Å². The molecule has 1 N–H and O–H groups in total. The first-order chi connectivity index (χ1) is 17.4. The average molecular weight is 574 g/mol. The molecule has 1 fully saturated rings. The number of benzene rings is 1. The number of piperazine rings is 1. The van der Waals surface area contributed by atoms with E-state index in [0.717, 1.165) is 27.9 Å². The SMILES string of the molecule is Cc1ccc(Cc2nsc(N3CCN(S(=O)(=O)c4ccc(CCNC(=O)C(F)(F)F)s4)CC3C)n2)cc1. The number of aryl methyl sites for hydroxylation is 1. The van der Waals surface area contributed by atoms with Gasteiger partial charge in [0.25, 0.3) is 10.0 Å². The predicted molar refractivity (Wildman–Crippen MR) is 137 cm³/mol. The molecule has 0 saturated carbocycles. The molecule has 8 nitrogen and oxygen atoms in total. The number of anilines is 1. The van der Waals surface area contributed by atoms with Gasteiger partial charge in [0.05, 0.1) is 0 Å². The number of alkyl halides is 3. The highest BCUT2D eigenvalue weighted by atomic mass is 32.2. The third-order valence-electron chi connectivity index (χ3n) is 5.92. The number of carbonyl (C=O) groups is 1. The molecule has 1 atom stereocenters. The number of halogens is 3. The van der Waals surface area contributed by atoms with Crippen LogP contribution in [0.25, 0.3) is 0 Å². The molecular formula is C23H26F3N5O3S3. The Hall–Kier alpha value is -2.55. The molecule has 0 spiro atoms. The van der Waals surface area contributed by atoms with Crippen molar-refractivity contribution in [3.8, 4) is 0 Å². The summed E-state index contributed by atoms with van der Waals surface area (Å²) in [6.45, 7) is 4.73. The van der Waals surface area contributed by atoms with E-state index >= 15 is 0 Å². The quantitative estimate of drug-likeness (QED) is 0.443. The van der Waals surface area contributed by atoms with E-state index in [0.29, 0.717) is 17.8 Å². The van der Waals surface area contributed by atoms with Crippen molar-refractivity contribution in [1.29, 1.82) is 0 Å². The zero-order valence-corrected chi connectivity index (χ0v) is 22.6. The fraction of sp³-hybridized carbons (Fsp3) is 0.435. The van der Waals surface area contributed by atoms with Gasteiger partial charge >= 0.3 is 12.1 Å². The van der Waals surface area contributed by atoms with Gasteiger partial charge in [0.2, 0.25) is 5.13 Å². The monoisotopic (exact) mass is 573 g/mol. The lowest BCUT2D eigenvalue weighted by atomic mass is 10.1. The zero-order valence-electron chi connectivity index (χ0n) is 20.2. The van der Waals surface area contributed by atoms with Crippen LogP contribution in [0.1, 0.15) is 28.8 Å². The second-order valence-corrected chi connectivity index (χ2v) is 12.8. The lowest BCUT2D eigenvalue weighted by molar-refractivity contribution is -0.173. The molecule has 1 unspecified atom stereocenters. The van der Waals surface area contributed by atoms with Gasteiger partial charge in [0.1, 0.15) is 10.0 Å². The van der Waals surface area contributed by atoms with Crippen molar-refractivity contribution in [1.82, 2.24) is 19.0 Å². The molecule has 3 heterocycles. The van der Waals surface area contributed by atoms with Crippen LogP contribution in [0.4, 0.5) is 18.3 Å². The second kappa shape index (κ2) is 11.1. The van der Waals surface area contributed by atoms with Gasteiger partial charge in [0, 0.05) is 55.1 Å². The maximum atomic E-state index is 13.2. The molecule has 37 heavy (non-hydrogen) atoms. The van der Waals surface area contributed by atoms with Gasteiger partial charge < -0.3 is 10.2 Å². The Bertz CT molecular complexity index is 1340. The van der Waals surface area contributed by atoms with Crippen LogP contribution >= 0.6 is 22.9 Å². The standard InChI is InChI=1S/C23H26F3N5O3S3/c1-15-3-5-17(6-4-15)13-19-28-22(36-29-19)31-12-11-30(14-16(31)2)37(33,34)20-8-7-18(35-20)9-10-27-21(32)23(24,25)26/h3-8,16H,9-14H2,1-2H3,(H,27,32). The smallest absolute Gasteiger partial charge is 0.348 e. The average Bonchev–Trinajstić information content (AvgIpc) is 3.50. The van der Waals surface area contributed by atoms with Gasteiger partial charge in [-0.15, -0.1) is 11.3 Å². The minimum absolute atomic E-state index is 0.105. The number of hydrogen-bond donors (Lipinski definition) is 1. The van der Waals surface area contributed by atoms with Gasteiger partial charge in [-0.1, -0.05) is 29.8 Å². The summed E-state index contributed by atoms with van der Waals surface area (Å²) >= 11 is 2.30. The van der Waals surface area contributed by atoms with E-state index in [9.17, 15) is 26.4 Å². The van der Waals surface area contributed by atoms with E-state index in [4.69, 9.17) is 0 Å². The maximum absolute atomic E-state index is 13.2. The molecule has 14 heteroatoms. The van der Waals surface area contributed by atoms with E-state index in [1.54, 1.807) is 11.4 Å². The molecule has 1 aliphatic heterocycles. The van der Waals surface area contributed by atoms with E-state index in [-0.39, 0.29) is 36.3 Å². The summed E-state index contributed by atoms with van der Waals surface area (Å²) in [4.78, 5) is 18.2. The summed E-state index contributed by atoms with van der Waals surface area (Å²) in [6, 6.07) is 11.1.